The lowest BCUT2D eigenvalue weighted by Gasteiger charge is -2.26. The van der Waals surface area contributed by atoms with Crippen molar-refractivity contribution in [2.45, 2.75) is 6.04 Å². The molecule has 1 atom stereocenters. The van der Waals surface area contributed by atoms with Crippen molar-refractivity contribution in [3.63, 3.8) is 0 Å². The van der Waals surface area contributed by atoms with E-state index in [0.717, 1.165) is 5.69 Å². The maximum atomic E-state index is 13.4. The molecule has 9 heteroatoms. The number of rotatable bonds is 6. The number of esters is 1. The third-order valence-electron chi connectivity index (χ3n) is 6.13. The molecule has 1 aliphatic heterocycles. The Morgan fingerprint density at radius 1 is 1.00 bits per heavy atom. The topological polar surface area (TPSA) is 96.4 Å². The van der Waals surface area contributed by atoms with Gasteiger partial charge in [0.25, 0.3) is 11.7 Å². The van der Waals surface area contributed by atoms with Crippen molar-refractivity contribution in [1.29, 1.82) is 0 Å². The molecule has 4 rings (SSSR count). The number of anilines is 2. The summed E-state index contributed by atoms with van der Waals surface area (Å²) in [5.41, 5.74) is 2.03. The molecule has 1 saturated heterocycles. The normalized spacial score (nSPS) is 16.6. The molecule has 1 aliphatic rings. The SMILES string of the molecule is COC(=O)c1cccc(N2C(=O)C(=O)/C(=C(/O)c3cc(Cl)ccc3OC)C2c2ccc(N(C)C)cc2)c1. The summed E-state index contributed by atoms with van der Waals surface area (Å²) in [6.07, 6.45) is 0. The molecule has 0 saturated carbocycles. The van der Waals surface area contributed by atoms with Gasteiger partial charge < -0.3 is 19.5 Å². The second kappa shape index (κ2) is 10.4. The molecule has 3 aromatic rings. The van der Waals surface area contributed by atoms with Crippen LogP contribution in [0.4, 0.5) is 11.4 Å². The van der Waals surface area contributed by atoms with Gasteiger partial charge in [-0.3, -0.25) is 14.5 Å². The number of aliphatic hydroxyl groups is 1. The summed E-state index contributed by atoms with van der Waals surface area (Å²) in [6.45, 7) is 0. The lowest BCUT2D eigenvalue weighted by atomic mass is 9.94. The summed E-state index contributed by atoms with van der Waals surface area (Å²) in [4.78, 5) is 42.2. The van der Waals surface area contributed by atoms with Gasteiger partial charge in [-0.1, -0.05) is 29.8 Å². The van der Waals surface area contributed by atoms with E-state index in [0.29, 0.717) is 16.3 Å². The first-order valence-electron chi connectivity index (χ1n) is 11.3. The minimum atomic E-state index is -0.993. The number of Topliss-reactive ketones (excluding diaryl/α,β-unsaturated/α-hetero) is 1. The highest BCUT2D eigenvalue weighted by molar-refractivity contribution is 6.51. The Balaban J connectivity index is 1.97. The second-order valence-corrected chi connectivity index (χ2v) is 8.98. The zero-order chi connectivity index (χ0) is 26.9. The fourth-order valence-electron chi connectivity index (χ4n) is 4.28. The van der Waals surface area contributed by atoms with Crippen LogP contribution in [-0.4, -0.2) is 51.1 Å². The average Bonchev–Trinajstić information content (AvgIpc) is 3.17. The Kier molecular flexibility index (Phi) is 7.22. The lowest BCUT2D eigenvalue weighted by Crippen LogP contribution is -2.29. The molecule has 190 valence electrons. The number of benzene rings is 3. The molecule has 3 aromatic carbocycles. The first-order chi connectivity index (χ1) is 17.7. The molecule has 0 spiro atoms. The monoisotopic (exact) mass is 520 g/mol. The van der Waals surface area contributed by atoms with Gasteiger partial charge in [-0.2, -0.15) is 0 Å². The number of carbonyl (C=O) groups is 3. The van der Waals surface area contributed by atoms with Crippen molar-refractivity contribution in [1.82, 2.24) is 0 Å². The highest BCUT2D eigenvalue weighted by Gasteiger charge is 2.47. The molecule has 1 fully saturated rings. The largest absolute Gasteiger partial charge is 0.507 e. The Morgan fingerprint density at radius 3 is 2.32 bits per heavy atom. The van der Waals surface area contributed by atoms with Crippen LogP contribution >= 0.6 is 11.6 Å². The number of methoxy groups -OCH3 is 2. The van der Waals surface area contributed by atoms with Gasteiger partial charge in [0.05, 0.1) is 37.0 Å². The number of amides is 1. The van der Waals surface area contributed by atoms with Crippen LogP contribution in [0.25, 0.3) is 5.76 Å². The molecule has 37 heavy (non-hydrogen) atoms. The predicted octanol–water partition coefficient (Wildman–Crippen LogP) is 4.83. The van der Waals surface area contributed by atoms with Crippen molar-refractivity contribution >= 4 is 46.4 Å². The maximum Gasteiger partial charge on any atom is 0.337 e. The van der Waals surface area contributed by atoms with Gasteiger partial charge in [0.15, 0.2) is 0 Å². The molecular weight excluding hydrogens is 496 g/mol. The highest BCUT2D eigenvalue weighted by atomic mass is 35.5. The third-order valence-corrected chi connectivity index (χ3v) is 6.37. The number of halogens is 1. The number of aliphatic hydroxyl groups excluding tert-OH is 1. The first kappa shape index (κ1) is 25.8. The molecule has 0 aliphatic carbocycles. The van der Waals surface area contributed by atoms with E-state index < -0.39 is 29.5 Å². The number of hydrogen-bond donors (Lipinski definition) is 1. The standard InChI is InChI=1S/C28H25ClN2O6/c1-30(2)19-11-8-16(9-12-19)24-23(25(32)21-15-18(29)10-13-22(21)36-3)26(33)27(34)31(24)20-7-5-6-17(14-20)28(35)37-4/h5-15,24,32H,1-4H3/b25-23+. The fraction of sp³-hybridized carbons (Fsp3) is 0.179. The van der Waals surface area contributed by atoms with Crippen molar-refractivity contribution in [2.75, 3.05) is 38.1 Å². The van der Waals surface area contributed by atoms with Crippen LogP contribution in [0, 0.1) is 0 Å². The number of nitrogens with zero attached hydrogens (tertiary/aromatic N) is 2. The number of hydrogen-bond acceptors (Lipinski definition) is 7. The lowest BCUT2D eigenvalue weighted by molar-refractivity contribution is -0.132. The van der Waals surface area contributed by atoms with Gasteiger partial charge in [0, 0.05) is 30.5 Å². The van der Waals surface area contributed by atoms with Gasteiger partial charge in [0.2, 0.25) is 0 Å². The van der Waals surface area contributed by atoms with Crippen LogP contribution in [-0.2, 0) is 14.3 Å². The Hall–Kier alpha value is -4.30. The van der Waals surface area contributed by atoms with E-state index in [1.807, 2.05) is 31.1 Å². The van der Waals surface area contributed by atoms with E-state index >= 15 is 0 Å². The quantitative estimate of drug-likeness (QED) is 0.215. The molecule has 1 N–H and O–H groups in total. The predicted molar refractivity (Wildman–Crippen MR) is 141 cm³/mol. The van der Waals surface area contributed by atoms with Crippen molar-refractivity contribution in [3.05, 3.63) is 94.0 Å². The zero-order valence-corrected chi connectivity index (χ0v) is 21.4. The van der Waals surface area contributed by atoms with Crippen molar-refractivity contribution in [3.8, 4) is 5.75 Å². The summed E-state index contributed by atoms with van der Waals surface area (Å²) < 4.78 is 10.2. The van der Waals surface area contributed by atoms with Gasteiger partial charge in [-0.15, -0.1) is 0 Å². The second-order valence-electron chi connectivity index (χ2n) is 8.54. The summed E-state index contributed by atoms with van der Waals surface area (Å²) in [6, 6.07) is 17.1. The number of ether oxygens (including phenoxy) is 2. The zero-order valence-electron chi connectivity index (χ0n) is 20.7. The van der Waals surface area contributed by atoms with Crippen molar-refractivity contribution in [2.24, 2.45) is 0 Å². The van der Waals surface area contributed by atoms with Crippen LogP contribution in [0.5, 0.6) is 5.75 Å². The fourth-order valence-corrected chi connectivity index (χ4v) is 4.45. The van der Waals surface area contributed by atoms with Gasteiger partial charge in [0.1, 0.15) is 11.5 Å². The molecule has 1 amide bonds. The maximum absolute atomic E-state index is 13.4. The Labute approximate surface area is 219 Å². The summed E-state index contributed by atoms with van der Waals surface area (Å²) in [7, 11) is 6.47. The summed E-state index contributed by atoms with van der Waals surface area (Å²) in [5, 5.41) is 11.7. The number of ketones is 1. The van der Waals surface area contributed by atoms with Crippen LogP contribution in [0.3, 0.4) is 0 Å². The average molecular weight is 521 g/mol. The van der Waals surface area contributed by atoms with E-state index in [2.05, 4.69) is 0 Å². The van der Waals surface area contributed by atoms with Crippen molar-refractivity contribution < 1.29 is 29.0 Å². The van der Waals surface area contributed by atoms with Crippen LogP contribution in [0.15, 0.2) is 72.3 Å². The van der Waals surface area contributed by atoms with Gasteiger partial charge in [-0.05, 0) is 54.1 Å². The molecule has 0 bridgehead atoms. The van der Waals surface area contributed by atoms with Crippen LogP contribution < -0.4 is 14.5 Å². The van der Waals surface area contributed by atoms with E-state index in [4.69, 9.17) is 21.1 Å². The molecule has 1 unspecified atom stereocenters. The molecule has 1 heterocycles. The first-order valence-corrected chi connectivity index (χ1v) is 11.7. The minimum absolute atomic E-state index is 0.133. The van der Waals surface area contributed by atoms with Crippen LogP contribution in [0.1, 0.15) is 27.5 Å². The summed E-state index contributed by atoms with van der Waals surface area (Å²) in [5.74, 6) is -2.47. The smallest absolute Gasteiger partial charge is 0.337 e. The molecule has 8 nitrogen and oxygen atoms in total. The van der Waals surface area contributed by atoms with E-state index in [1.54, 1.807) is 42.5 Å². The van der Waals surface area contributed by atoms with Gasteiger partial charge >= 0.3 is 5.97 Å². The highest BCUT2D eigenvalue weighted by Crippen LogP contribution is 2.44. The molecular formula is C28H25ClN2O6. The molecule has 0 aromatic heterocycles. The minimum Gasteiger partial charge on any atom is -0.507 e. The summed E-state index contributed by atoms with van der Waals surface area (Å²) >= 11 is 6.18. The van der Waals surface area contributed by atoms with E-state index in [9.17, 15) is 19.5 Å². The van der Waals surface area contributed by atoms with E-state index in [-0.39, 0.29) is 22.4 Å². The van der Waals surface area contributed by atoms with Crippen LogP contribution in [0.2, 0.25) is 5.02 Å². The van der Waals surface area contributed by atoms with Gasteiger partial charge in [-0.25, -0.2) is 4.79 Å². The molecule has 0 radical (unpaired) electrons. The number of carbonyl (C=O) groups excluding carboxylic acids is 3. The third kappa shape index (κ3) is 4.75. The Morgan fingerprint density at radius 2 is 1.70 bits per heavy atom. The van der Waals surface area contributed by atoms with E-state index in [1.165, 1.54) is 31.3 Å². The Bertz CT molecular complexity index is 1410.